The molecule has 0 saturated carbocycles. The number of rotatable bonds is 5. The topological polar surface area (TPSA) is 66.9 Å². The van der Waals surface area contributed by atoms with Gasteiger partial charge in [0.05, 0.1) is 4.83 Å². The zero-order valence-electron chi connectivity index (χ0n) is 12.9. The average molecular weight is 363 g/mol. The van der Waals surface area contributed by atoms with Gasteiger partial charge in [0.15, 0.2) is 0 Å². The molecule has 0 bridgehead atoms. The molecule has 0 spiro atoms. The maximum Gasteiger partial charge on any atom is 0.238 e. The van der Waals surface area contributed by atoms with E-state index in [-0.39, 0.29) is 10.7 Å². The van der Waals surface area contributed by atoms with Crippen LogP contribution in [0.15, 0.2) is 30.3 Å². The van der Waals surface area contributed by atoms with Crippen molar-refractivity contribution in [2.75, 3.05) is 10.6 Å². The Kier molecular flexibility index (Phi) is 5.49. The second-order valence-corrected chi connectivity index (χ2v) is 6.15. The summed E-state index contributed by atoms with van der Waals surface area (Å²) in [6.45, 7) is 5.82. The standard InChI is InChI=1S/C16H19BrN4O/c1-4-14(17)15(22)20-12-5-7-13(8-6-12)21-16-18-10(2)9-11(3)19-16/h5-9,14H,4H2,1-3H3,(H,20,22)(H,18,19,21). The van der Waals surface area contributed by atoms with Crippen LogP contribution in [0.4, 0.5) is 17.3 Å². The van der Waals surface area contributed by atoms with E-state index in [1.165, 1.54) is 0 Å². The van der Waals surface area contributed by atoms with Crippen LogP contribution in [-0.2, 0) is 4.79 Å². The van der Waals surface area contributed by atoms with Crippen molar-refractivity contribution in [2.45, 2.75) is 32.0 Å². The Hall–Kier alpha value is -1.95. The van der Waals surface area contributed by atoms with Gasteiger partial charge in [-0.1, -0.05) is 22.9 Å². The zero-order chi connectivity index (χ0) is 16.1. The van der Waals surface area contributed by atoms with Crippen LogP contribution in [0, 0.1) is 13.8 Å². The summed E-state index contributed by atoms with van der Waals surface area (Å²) in [4.78, 5) is 20.3. The van der Waals surface area contributed by atoms with Crippen molar-refractivity contribution in [3.63, 3.8) is 0 Å². The molecule has 2 rings (SSSR count). The van der Waals surface area contributed by atoms with E-state index in [4.69, 9.17) is 0 Å². The molecule has 1 atom stereocenters. The molecule has 0 fully saturated rings. The number of alkyl halides is 1. The van der Waals surface area contributed by atoms with Crippen LogP contribution in [0.2, 0.25) is 0 Å². The third-order valence-corrected chi connectivity index (χ3v) is 4.10. The van der Waals surface area contributed by atoms with E-state index in [1.807, 2.05) is 51.1 Å². The summed E-state index contributed by atoms with van der Waals surface area (Å²) < 4.78 is 0. The summed E-state index contributed by atoms with van der Waals surface area (Å²) in [7, 11) is 0. The molecule has 1 heterocycles. The largest absolute Gasteiger partial charge is 0.325 e. The van der Waals surface area contributed by atoms with Gasteiger partial charge in [-0.25, -0.2) is 9.97 Å². The minimum Gasteiger partial charge on any atom is -0.325 e. The van der Waals surface area contributed by atoms with Crippen LogP contribution in [0.1, 0.15) is 24.7 Å². The number of nitrogens with one attached hydrogen (secondary N) is 2. The Balaban J connectivity index is 2.04. The molecule has 116 valence electrons. The lowest BCUT2D eigenvalue weighted by Gasteiger charge is -2.10. The molecule has 5 nitrogen and oxygen atoms in total. The first kappa shape index (κ1) is 16.4. The molecule has 0 aliphatic heterocycles. The molecule has 2 aromatic rings. The molecule has 0 radical (unpaired) electrons. The van der Waals surface area contributed by atoms with Gasteiger partial charge in [-0.2, -0.15) is 0 Å². The van der Waals surface area contributed by atoms with Crippen LogP contribution in [0.3, 0.4) is 0 Å². The molecule has 1 aromatic heterocycles. The fourth-order valence-electron chi connectivity index (χ4n) is 1.95. The van der Waals surface area contributed by atoms with Gasteiger partial charge in [0.1, 0.15) is 0 Å². The lowest BCUT2D eigenvalue weighted by molar-refractivity contribution is -0.115. The fraction of sp³-hybridized carbons (Fsp3) is 0.312. The number of amides is 1. The summed E-state index contributed by atoms with van der Waals surface area (Å²) in [5, 5.41) is 6.01. The second kappa shape index (κ2) is 7.35. The Morgan fingerprint density at radius 3 is 2.23 bits per heavy atom. The molecule has 1 aromatic carbocycles. The van der Waals surface area contributed by atoms with Crippen molar-refractivity contribution in [1.29, 1.82) is 0 Å². The molecular formula is C16H19BrN4O. The highest BCUT2D eigenvalue weighted by molar-refractivity contribution is 9.10. The number of nitrogens with zero attached hydrogens (tertiary/aromatic N) is 2. The van der Waals surface area contributed by atoms with Gasteiger partial charge >= 0.3 is 0 Å². The Bertz CT molecular complexity index is 637. The van der Waals surface area contributed by atoms with Crippen molar-refractivity contribution >= 4 is 39.2 Å². The van der Waals surface area contributed by atoms with Crippen molar-refractivity contribution < 1.29 is 4.79 Å². The van der Waals surface area contributed by atoms with Gasteiger partial charge in [-0.3, -0.25) is 4.79 Å². The minimum absolute atomic E-state index is 0.0409. The van der Waals surface area contributed by atoms with Gasteiger partial charge in [-0.15, -0.1) is 0 Å². The number of anilines is 3. The van der Waals surface area contributed by atoms with Crippen molar-refractivity contribution in [3.05, 3.63) is 41.7 Å². The highest BCUT2D eigenvalue weighted by Gasteiger charge is 2.12. The Morgan fingerprint density at radius 2 is 1.68 bits per heavy atom. The molecule has 1 amide bonds. The van der Waals surface area contributed by atoms with Gasteiger partial charge < -0.3 is 10.6 Å². The summed E-state index contributed by atoms with van der Waals surface area (Å²) in [5.41, 5.74) is 3.47. The monoisotopic (exact) mass is 362 g/mol. The van der Waals surface area contributed by atoms with E-state index in [0.29, 0.717) is 5.95 Å². The van der Waals surface area contributed by atoms with Gasteiger partial charge in [-0.05, 0) is 50.6 Å². The van der Waals surface area contributed by atoms with Gasteiger partial charge in [0, 0.05) is 22.8 Å². The highest BCUT2D eigenvalue weighted by Crippen LogP contribution is 2.18. The van der Waals surface area contributed by atoms with Crippen LogP contribution in [0.5, 0.6) is 0 Å². The molecule has 0 aliphatic rings. The van der Waals surface area contributed by atoms with E-state index in [2.05, 4.69) is 36.5 Å². The number of carbonyl (C=O) groups excluding carboxylic acids is 1. The molecular weight excluding hydrogens is 344 g/mol. The summed E-state index contributed by atoms with van der Waals surface area (Å²) in [6.07, 6.45) is 0.746. The lowest BCUT2D eigenvalue weighted by Crippen LogP contribution is -2.21. The number of halogens is 1. The third kappa shape index (κ3) is 4.53. The number of aromatic nitrogens is 2. The molecule has 0 aliphatic carbocycles. The predicted molar refractivity (Wildman–Crippen MR) is 92.9 cm³/mol. The maximum absolute atomic E-state index is 11.8. The fourth-order valence-corrected chi connectivity index (χ4v) is 2.07. The van der Waals surface area contributed by atoms with E-state index in [1.54, 1.807) is 0 Å². The molecule has 0 saturated heterocycles. The van der Waals surface area contributed by atoms with E-state index >= 15 is 0 Å². The predicted octanol–water partition coefficient (Wildman–Crippen LogP) is 3.95. The van der Waals surface area contributed by atoms with Crippen LogP contribution >= 0.6 is 15.9 Å². The van der Waals surface area contributed by atoms with Crippen LogP contribution < -0.4 is 10.6 Å². The minimum atomic E-state index is -0.172. The maximum atomic E-state index is 11.8. The Labute approximate surface area is 138 Å². The smallest absolute Gasteiger partial charge is 0.238 e. The average Bonchev–Trinajstić information content (AvgIpc) is 2.47. The number of carbonyl (C=O) groups is 1. The van der Waals surface area contributed by atoms with Crippen molar-refractivity contribution in [3.8, 4) is 0 Å². The molecule has 1 unspecified atom stereocenters. The van der Waals surface area contributed by atoms with Gasteiger partial charge in [0.2, 0.25) is 11.9 Å². The quantitative estimate of drug-likeness (QED) is 0.790. The SMILES string of the molecule is CCC(Br)C(=O)Nc1ccc(Nc2nc(C)cc(C)n2)cc1. The van der Waals surface area contributed by atoms with Crippen molar-refractivity contribution in [1.82, 2.24) is 9.97 Å². The first-order valence-electron chi connectivity index (χ1n) is 7.12. The number of hydrogen-bond donors (Lipinski definition) is 2. The van der Waals surface area contributed by atoms with E-state index < -0.39 is 0 Å². The van der Waals surface area contributed by atoms with Crippen molar-refractivity contribution in [2.24, 2.45) is 0 Å². The first-order chi connectivity index (χ1) is 10.5. The molecule has 2 N–H and O–H groups in total. The summed E-state index contributed by atoms with van der Waals surface area (Å²) >= 11 is 3.33. The summed E-state index contributed by atoms with van der Waals surface area (Å²) in [6, 6.07) is 9.38. The first-order valence-corrected chi connectivity index (χ1v) is 8.04. The lowest BCUT2D eigenvalue weighted by atomic mass is 10.2. The zero-order valence-corrected chi connectivity index (χ0v) is 14.4. The molecule has 6 heteroatoms. The number of aryl methyl sites for hydroxylation is 2. The van der Waals surface area contributed by atoms with Crippen LogP contribution in [0.25, 0.3) is 0 Å². The van der Waals surface area contributed by atoms with Crippen LogP contribution in [-0.4, -0.2) is 20.7 Å². The van der Waals surface area contributed by atoms with Gasteiger partial charge in [0.25, 0.3) is 0 Å². The third-order valence-electron chi connectivity index (χ3n) is 3.03. The highest BCUT2D eigenvalue weighted by atomic mass is 79.9. The molecule has 22 heavy (non-hydrogen) atoms. The van der Waals surface area contributed by atoms with E-state index in [9.17, 15) is 4.79 Å². The normalized spacial score (nSPS) is 11.8. The number of benzene rings is 1. The Morgan fingerprint density at radius 1 is 1.14 bits per heavy atom. The second-order valence-electron chi connectivity index (χ2n) is 5.04. The number of hydrogen-bond acceptors (Lipinski definition) is 4. The summed E-state index contributed by atoms with van der Waals surface area (Å²) in [5.74, 6) is 0.529. The van der Waals surface area contributed by atoms with E-state index in [0.717, 1.165) is 29.2 Å².